The molecule has 1 fully saturated rings. The molecule has 164 valence electrons. The number of nitrogens with one attached hydrogen (secondary N) is 1. The van der Waals surface area contributed by atoms with E-state index >= 15 is 0 Å². The SMILES string of the molecule is CC(C)(C)c1csc(CN2CCN(CC(=O)Nc3cccc(C(F)(F)F)c3)CC2)n1. The summed E-state index contributed by atoms with van der Waals surface area (Å²) in [4.78, 5) is 21.3. The fourth-order valence-corrected chi connectivity index (χ4v) is 4.26. The van der Waals surface area contributed by atoms with Crippen molar-refractivity contribution < 1.29 is 18.0 Å². The summed E-state index contributed by atoms with van der Waals surface area (Å²) in [6.07, 6.45) is -4.43. The van der Waals surface area contributed by atoms with Crippen LogP contribution in [0.3, 0.4) is 0 Å². The number of anilines is 1. The molecule has 1 aliphatic rings. The van der Waals surface area contributed by atoms with Crippen LogP contribution in [0.15, 0.2) is 29.6 Å². The standard InChI is InChI=1S/C21H27F3N4OS/c1-20(2,3)17-14-30-19(26-17)13-28-9-7-27(8-10-28)12-18(29)25-16-6-4-5-15(11-16)21(22,23)24/h4-6,11,14H,7-10,12-13H2,1-3H3,(H,25,29). The summed E-state index contributed by atoms with van der Waals surface area (Å²) in [6.45, 7) is 10.5. The van der Waals surface area contributed by atoms with E-state index in [1.54, 1.807) is 11.3 Å². The van der Waals surface area contributed by atoms with Crippen molar-refractivity contribution in [1.29, 1.82) is 0 Å². The van der Waals surface area contributed by atoms with Crippen molar-refractivity contribution in [3.63, 3.8) is 0 Å². The van der Waals surface area contributed by atoms with E-state index in [0.29, 0.717) is 0 Å². The smallest absolute Gasteiger partial charge is 0.325 e. The zero-order chi connectivity index (χ0) is 21.9. The molecule has 0 bridgehead atoms. The van der Waals surface area contributed by atoms with Crippen molar-refractivity contribution in [2.45, 2.75) is 38.9 Å². The minimum absolute atomic E-state index is 0.0421. The Morgan fingerprint density at radius 2 is 1.80 bits per heavy atom. The topological polar surface area (TPSA) is 48.5 Å². The molecular formula is C21H27F3N4OS. The Hall–Kier alpha value is -1.97. The Morgan fingerprint density at radius 1 is 1.13 bits per heavy atom. The highest BCUT2D eigenvalue weighted by molar-refractivity contribution is 7.09. The van der Waals surface area contributed by atoms with E-state index in [2.05, 4.69) is 36.4 Å². The summed E-state index contributed by atoms with van der Waals surface area (Å²) in [7, 11) is 0. The maximum absolute atomic E-state index is 12.8. The molecule has 0 saturated carbocycles. The summed E-state index contributed by atoms with van der Waals surface area (Å²) in [5.74, 6) is -0.308. The number of benzene rings is 1. The van der Waals surface area contributed by atoms with Gasteiger partial charge in [-0.2, -0.15) is 13.2 Å². The molecule has 0 radical (unpaired) electrons. The number of halogens is 3. The molecule has 0 aliphatic carbocycles. The van der Waals surface area contributed by atoms with Crippen LogP contribution in [-0.2, 0) is 22.9 Å². The summed E-state index contributed by atoms with van der Waals surface area (Å²) >= 11 is 1.67. The van der Waals surface area contributed by atoms with Gasteiger partial charge >= 0.3 is 6.18 Å². The summed E-state index contributed by atoms with van der Waals surface area (Å²) in [5.41, 5.74) is 0.533. The number of aromatic nitrogens is 1. The second-order valence-electron chi connectivity index (χ2n) is 8.56. The second kappa shape index (κ2) is 9.03. The Kier molecular flexibility index (Phi) is 6.84. The Balaban J connectivity index is 1.45. The van der Waals surface area contributed by atoms with Gasteiger partial charge in [0.15, 0.2) is 0 Å². The molecule has 1 aromatic carbocycles. The molecule has 0 spiro atoms. The van der Waals surface area contributed by atoms with Gasteiger partial charge in [0.1, 0.15) is 5.01 Å². The molecule has 1 amide bonds. The average molecular weight is 441 g/mol. The molecule has 1 N–H and O–H groups in total. The highest BCUT2D eigenvalue weighted by Gasteiger charge is 2.30. The van der Waals surface area contributed by atoms with E-state index in [4.69, 9.17) is 4.98 Å². The van der Waals surface area contributed by atoms with Crippen LogP contribution in [-0.4, -0.2) is 53.4 Å². The quantitative estimate of drug-likeness (QED) is 0.757. The first kappa shape index (κ1) is 22.7. The van der Waals surface area contributed by atoms with E-state index in [9.17, 15) is 18.0 Å². The summed E-state index contributed by atoms with van der Waals surface area (Å²) in [6, 6.07) is 4.70. The van der Waals surface area contributed by atoms with Gasteiger partial charge in [0.25, 0.3) is 0 Å². The highest BCUT2D eigenvalue weighted by Crippen LogP contribution is 2.30. The van der Waals surface area contributed by atoms with Crippen LogP contribution in [0.5, 0.6) is 0 Å². The number of thiazole rings is 1. The van der Waals surface area contributed by atoms with Gasteiger partial charge in [0, 0.05) is 42.7 Å². The van der Waals surface area contributed by atoms with E-state index in [-0.39, 0.29) is 23.6 Å². The first-order chi connectivity index (χ1) is 14.0. The zero-order valence-electron chi connectivity index (χ0n) is 17.4. The number of nitrogens with zero attached hydrogens (tertiary/aromatic N) is 3. The molecule has 5 nitrogen and oxygen atoms in total. The molecule has 1 saturated heterocycles. The monoisotopic (exact) mass is 440 g/mol. The van der Waals surface area contributed by atoms with Gasteiger partial charge in [-0.15, -0.1) is 11.3 Å². The largest absolute Gasteiger partial charge is 0.416 e. The number of amides is 1. The average Bonchev–Trinajstić information content (AvgIpc) is 3.12. The Labute approximate surface area is 178 Å². The van der Waals surface area contributed by atoms with E-state index in [1.807, 2.05) is 4.90 Å². The maximum atomic E-state index is 12.8. The number of hydrogen-bond acceptors (Lipinski definition) is 5. The van der Waals surface area contributed by atoms with Crippen molar-refractivity contribution >= 4 is 22.9 Å². The number of hydrogen-bond donors (Lipinski definition) is 1. The molecule has 0 atom stereocenters. The van der Waals surface area contributed by atoms with Crippen LogP contribution >= 0.6 is 11.3 Å². The van der Waals surface area contributed by atoms with Crippen LogP contribution in [0, 0.1) is 0 Å². The van der Waals surface area contributed by atoms with Crippen LogP contribution in [0.25, 0.3) is 0 Å². The molecular weight excluding hydrogens is 413 g/mol. The first-order valence-electron chi connectivity index (χ1n) is 9.87. The predicted molar refractivity (Wildman–Crippen MR) is 113 cm³/mol. The number of rotatable bonds is 5. The predicted octanol–water partition coefficient (Wildman–Crippen LogP) is 4.22. The third-order valence-corrected chi connectivity index (χ3v) is 5.82. The zero-order valence-corrected chi connectivity index (χ0v) is 18.2. The first-order valence-corrected chi connectivity index (χ1v) is 10.8. The summed E-state index contributed by atoms with van der Waals surface area (Å²) < 4.78 is 38.4. The molecule has 1 aromatic heterocycles. The molecule has 3 rings (SSSR count). The lowest BCUT2D eigenvalue weighted by molar-refractivity contribution is -0.137. The number of carbonyl (C=O) groups excluding carboxylic acids is 1. The highest BCUT2D eigenvalue weighted by atomic mass is 32.1. The van der Waals surface area contributed by atoms with E-state index in [0.717, 1.165) is 55.6 Å². The van der Waals surface area contributed by atoms with Gasteiger partial charge in [0.05, 0.1) is 24.3 Å². The molecule has 30 heavy (non-hydrogen) atoms. The minimum atomic E-state index is -4.43. The number of piperazine rings is 1. The normalized spacial score (nSPS) is 16.6. The Morgan fingerprint density at radius 3 is 2.40 bits per heavy atom. The van der Waals surface area contributed by atoms with Crippen molar-refractivity contribution in [3.8, 4) is 0 Å². The minimum Gasteiger partial charge on any atom is -0.325 e. The van der Waals surface area contributed by atoms with Gasteiger partial charge in [0.2, 0.25) is 5.91 Å². The summed E-state index contributed by atoms with van der Waals surface area (Å²) in [5, 5.41) is 5.78. The van der Waals surface area contributed by atoms with Crippen LogP contribution in [0.1, 0.15) is 37.0 Å². The van der Waals surface area contributed by atoms with Crippen molar-refractivity contribution in [2.75, 3.05) is 38.0 Å². The Bertz CT molecular complexity index is 868. The number of carbonyl (C=O) groups is 1. The van der Waals surface area contributed by atoms with Gasteiger partial charge < -0.3 is 5.32 Å². The van der Waals surface area contributed by atoms with E-state index < -0.39 is 11.7 Å². The van der Waals surface area contributed by atoms with Crippen molar-refractivity contribution in [3.05, 3.63) is 45.9 Å². The van der Waals surface area contributed by atoms with Gasteiger partial charge in [-0.3, -0.25) is 14.6 Å². The lowest BCUT2D eigenvalue weighted by Gasteiger charge is -2.33. The molecule has 0 unspecified atom stereocenters. The van der Waals surface area contributed by atoms with Crippen LogP contribution < -0.4 is 5.32 Å². The molecule has 1 aliphatic heterocycles. The van der Waals surface area contributed by atoms with Crippen LogP contribution in [0.4, 0.5) is 18.9 Å². The van der Waals surface area contributed by atoms with Crippen molar-refractivity contribution in [2.24, 2.45) is 0 Å². The second-order valence-corrected chi connectivity index (χ2v) is 9.50. The molecule has 9 heteroatoms. The van der Waals surface area contributed by atoms with Crippen molar-refractivity contribution in [1.82, 2.24) is 14.8 Å². The molecule has 2 heterocycles. The van der Waals surface area contributed by atoms with Gasteiger partial charge in [-0.05, 0) is 18.2 Å². The van der Waals surface area contributed by atoms with Gasteiger partial charge in [-0.25, -0.2) is 4.98 Å². The lowest BCUT2D eigenvalue weighted by Crippen LogP contribution is -2.48. The molecule has 2 aromatic rings. The number of alkyl halides is 3. The van der Waals surface area contributed by atoms with E-state index in [1.165, 1.54) is 12.1 Å². The third-order valence-electron chi connectivity index (χ3n) is 4.98. The maximum Gasteiger partial charge on any atom is 0.416 e. The fraction of sp³-hybridized carbons (Fsp3) is 0.524. The fourth-order valence-electron chi connectivity index (χ4n) is 3.20. The van der Waals surface area contributed by atoms with Gasteiger partial charge in [-0.1, -0.05) is 26.8 Å². The third kappa shape index (κ3) is 6.26. The van der Waals surface area contributed by atoms with Crippen LogP contribution in [0.2, 0.25) is 0 Å². The lowest BCUT2D eigenvalue weighted by atomic mass is 9.93.